The van der Waals surface area contributed by atoms with Crippen molar-refractivity contribution in [1.82, 2.24) is 10.2 Å². The van der Waals surface area contributed by atoms with Gasteiger partial charge in [0, 0.05) is 36.7 Å². The molecule has 0 saturated carbocycles. The molecule has 10 nitrogen and oxygen atoms in total. The number of piperazine rings is 1. The number of ether oxygens (including phenoxy) is 2. The lowest BCUT2D eigenvalue weighted by atomic mass is 10.1. The Kier molecular flexibility index (Phi) is 9.03. The van der Waals surface area contributed by atoms with E-state index in [1.165, 1.54) is 19.2 Å². The number of rotatable bonds is 6. The minimum Gasteiger partial charge on any atom is -0.495 e. The van der Waals surface area contributed by atoms with Gasteiger partial charge in [0.15, 0.2) is 5.11 Å². The topological polar surface area (TPSA) is 114 Å². The molecule has 0 radical (unpaired) electrons. The van der Waals surface area contributed by atoms with Crippen molar-refractivity contribution in [3.05, 3.63) is 60.5 Å². The summed E-state index contributed by atoms with van der Waals surface area (Å²) in [6.45, 7) is 3.59. The number of nitrogens with one attached hydrogen (secondary N) is 1. The molecule has 0 unspecified atom stereocenters. The highest BCUT2D eigenvalue weighted by molar-refractivity contribution is 9.11. The van der Waals surface area contributed by atoms with Crippen LogP contribution in [0.5, 0.6) is 5.75 Å². The molecule has 0 atom stereocenters. The maximum atomic E-state index is 12.9. The predicted molar refractivity (Wildman–Crippen MR) is 141 cm³/mol. The fraction of sp³-hybridized carbons (Fsp3) is 0.318. The van der Waals surface area contributed by atoms with Crippen molar-refractivity contribution in [1.29, 1.82) is 0 Å². The molecule has 13 heteroatoms. The van der Waals surface area contributed by atoms with E-state index in [0.717, 1.165) is 0 Å². The summed E-state index contributed by atoms with van der Waals surface area (Å²) in [4.78, 5) is 39.6. The number of nitro benzene ring substituents is 1. The average molecular weight is 630 g/mol. The number of esters is 1. The van der Waals surface area contributed by atoms with Gasteiger partial charge < -0.3 is 19.3 Å². The number of methoxy groups -OCH3 is 1. The number of nitrogens with zero attached hydrogens (tertiary/aromatic N) is 3. The van der Waals surface area contributed by atoms with E-state index in [2.05, 4.69) is 37.2 Å². The van der Waals surface area contributed by atoms with Crippen molar-refractivity contribution in [3.8, 4) is 5.75 Å². The maximum Gasteiger partial charge on any atom is 0.338 e. The zero-order valence-electron chi connectivity index (χ0n) is 18.9. The minimum absolute atomic E-state index is 0.124. The molecular formula is C22H22Br2N4O6S. The molecule has 1 N–H and O–H groups in total. The molecule has 1 fully saturated rings. The molecule has 0 aromatic heterocycles. The highest BCUT2D eigenvalue weighted by atomic mass is 79.9. The van der Waals surface area contributed by atoms with E-state index >= 15 is 0 Å². The van der Waals surface area contributed by atoms with Gasteiger partial charge in [-0.25, -0.2) is 4.79 Å². The molecule has 0 aliphatic carbocycles. The number of carbonyl (C=O) groups excluding carboxylic acids is 2. The summed E-state index contributed by atoms with van der Waals surface area (Å²) < 4.78 is 11.6. The van der Waals surface area contributed by atoms with Gasteiger partial charge in [0.05, 0.1) is 34.2 Å². The number of carbonyl (C=O) groups is 2. The van der Waals surface area contributed by atoms with Crippen molar-refractivity contribution in [2.75, 3.05) is 44.8 Å². The number of thiocarbonyl (C=S) groups is 1. The molecule has 186 valence electrons. The van der Waals surface area contributed by atoms with Crippen molar-refractivity contribution in [3.63, 3.8) is 0 Å². The Morgan fingerprint density at radius 1 is 1.17 bits per heavy atom. The van der Waals surface area contributed by atoms with Crippen LogP contribution in [0.25, 0.3) is 0 Å². The van der Waals surface area contributed by atoms with E-state index in [4.69, 9.17) is 21.7 Å². The van der Waals surface area contributed by atoms with Crippen LogP contribution in [0.1, 0.15) is 27.6 Å². The van der Waals surface area contributed by atoms with Crippen molar-refractivity contribution in [2.24, 2.45) is 0 Å². The molecule has 1 aliphatic heterocycles. The molecule has 2 aromatic rings. The summed E-state index contributed by atoms with van der Waals surface area (Å²) >= 11 is 12.2. The first kappa shape index (κ1) is 26.8. The minimum atomic E-state index is -0.609. The Morgan fingerprint density at radius 2 is 1.86 bits per heavy atom. The van der Waals surface area contributed by atoms with Crippen molar-refractivity contribution < 1.29 is 24.0 Å². The molecule has 3 rings (SSSR count). The second kappa shape index (κ2) is 11.8. The number of amides is 1. The van der Waals surface area contributed by atoms with E-state index in [-0.39, 0.29) is 23.0 Å². The number of benzene rings is 2. The monoisotopic (exact) mass is 628 g/mol. The summed E-state index contributed by atoms with van der Waals surface area (Å²) in [5.41, 5.74) is 0.667. The zero-order chi connectivity index (χ0) is 25.7. The van der Waals surface area contributed by atoms with Gasteiger partial charge in [0.1, 0.15) is 11.4 Å². The number of hydrogen-bond acceptors (Lipinski definition) is 8. The van der Waals surface area contributed by atoms with Crippen LogP contribution in [0.15, 0.2) is 39.3 Å². The fourth-order valence-electron chi connectivity index (χ4n) is 3.61. The molecule has 0 spiro atoms. The first-order chi connectivity index (χ1) is 16.7. The van der Waals surface area contributed by atoms with Crippen LogP contribution in [0.3, 0.4) is 0 Å². The number of anilines is 1. The Balaban J connectivity index is 1.68. The first-order valence-electron chi connectivity index (χ1n) is 10.5. The van der Waals surface area contributed by atoms with Crippen LogP contribution in [0, 0.1) is 10.1 Å². The first-order valence-corrected chi connectivity index (χ1v) is 12.5. The quantitative estimate of drug-likeness (QED) is 0.218. The highest BCUT2D eigenvalue weighted by Crippen LogP contribution is 2.33. The number of nitro groups is 1. The Hall–Kier alpha value is -2.77. The van der Waals surface area contributed by atoms with Gasteiger partial charge in [-0.3, -0.25) is 20.2 Å². The summed E-state index contributed by atoms with van der Waals surface area (Å²) in [6, 6.07) is 7.71. The van der Waals surface area contributed by atoms with Gasteiger partial charge in [-0.05, 0) is 59.3 Å². The Morgan fingerprint density at radius 3 is 2.46 bits per heavy atom. The lowest BCUT2D eigenvalue weighted by molar-refractivity contribution is -0.384. The Bertz CT molecular complexity index is 1170. The van der Waals surface area contributed by atoms with E-state index in [9.17, 15) is 19.7 Å². The standard InChI is InChI=1S/C22H22Br2N4O6S/c1-3-34-21(30)13-4-5-17(18(10-13)28(31)32)26-6-8-27(9-7-26)22(35)25-20(29)15-11-14(23)12-16(24)19(15)33-2/h4-5,10-12H,3,6-9H2,1-2H3,(H,25,29,35). The van der Waals surface area contributed by atoms with Crippen LogP contribution in [0.2, 0.25) is 0 Å². The van der Waals surface area contributed by atoms with Crippen LogP contribution in [0.4, 0.5) is 11.4 Å². The molecule has 1 amide bonds. The summed E-state index contributed by atoms with van der Waals surface area (Å²) in [7, 11) is 1.47. The number of halogens is 2. The van der Waals surface area contributed by atoms with Crippen LogP contribution < -0.4 is 15.0 Å². The lowest BCUT2D eigenvalue weighted by Gasteiger charge is -2.37. The Labute approximate surface area is 223 Å². The van der Waals surface area contributed by atoms with Gasteiger partial charge in [-0.15, -0.1) is 0 Å². The van der Waals surface area contributed by atoms with Crippen LogP contribution >= 0.6 is 44.1 Å². The van der Waals surface area contributed by atoms with Crippen LogP contribution in [-0.2, 0) is 4.74 Å². The van der Waals surface area contributed by atoms with Gasteiger partial charge in [-0.2, -0.15) is 0 Å². The molecule has 35 heavy (non-hydrogen) atoms. The molecule has 1 aliphatic rings. The van der Waals surface area contributed by atoms with Crippen molar-refractivity contribution in [2.45, 2.75) is 6.92 Å². The molecule has 1 saturated heterocycles. The third kappa shape index (κ3) is 6.27. The van der Waals surface area contributed by atoms with Gasteiger partial charge in [-0.1, -0.05) is 15.9 Å². The fourth-order valence-corrected chi connectivity index (χ4v) is 5.27. The molecule has 2 aromatic carbocycles. The third-order valence-electron chi connectivity index (χ3n) is 5.27. The number of hydrogen-bond donors (Lipinski definition) is 1. The SMILES string of the molecule is CCOC(=O)c1ccc(N2CCN(C(=S)NC(=O)c3cc(Br)cc(Br)c3OC)CC2)c([N+](=O)[O-])c1. The average Bonchev–Trinajstić information content (AvgIpc) is 2.83. The summed E-state index contributed by atoms with van der Waals surface area (Å²) in [5, 5.41) is 14.6. The van der Waals surface area contributed by atoms with E-state index in [0.29, 0.717) is 52.1 Å². The van der Waals surface area contributed by atoms with Gasteiger partial charge in [0.2, 0.25) is 0 Å². The summed E-state index contributed by atoms with van der Waals surface area (Å²) in [6.07, 6.45) is 0. The molecule has 0 bridgehead atoms. The maximum absolute atomic E-state index is 12.9. The van der Waals surface area contributed by atoms with E-state index in [1.54, 1.807) is 25.1 Å². The second-order valence-corrected chi connectivity index (χ2v) is 9.54. The largest absolute Gasteiger partial charge is 0.495 e. The van der Waals surface area contributed by atoms with Crippen LogP contribution in [-0.4, -0.2) is 66.7 Å². The summed E-state index contributed by atoms with van der Waals surface area (Å²) in [5.74, 6) is -0.638. The van der Waals surface area contributed by atoms with Gasteiger partial charge >= 0.3 is 5.97 Å². The third-order valence-corrected chi connectivity index (χ3v) is 6.68. The van der Waals surface area contributed by atoms with Gasteiger partial charge in [0.25, 0.3) is 11.6 Å². The molecule has 1 heterocycles. The predicted octanol–water partition coefficient (Wildman–Crippen LogP) is 4.14. The van der Waals surface area contributed by atoms with E-state index < -0.39 is 16.8 Å². The van der Waals surface area contributed by atoms with Crippen molar-refractivity contribution >= 4 is 72.4 Å². The smallest absolute Gasteiger partial charge is 0.338 e. The highest BCUT2D eigenvalue weighted by Gasteiger charge is 2.27. The molecular weight excluding hydrogens is 608 g/mol. The lowest BCUT2D eigenvalue weighted by Crippen LogP contribution is -2.52. The second-order valence-electron chi connectivity index (χ2n) is 7.38. The van der Waals surface area contributed by atoms with E-state index in [1.807, 2.05) is 9.80 Å². The normalized spacial score (nSPS) is 13.3. The zero-order valence-corrected chi connectivity index (χ0v) is 22.9.